The van der Waals surface area contributed by atoms with Crippen LogP contribution >= 0.6 is 0 Å². The van der Waals surface area contributed by atoms with Crippen LogP contribution in [0.4, 0.5) is 0 Å². The summed E-state index contributed by atoms with van der Waals surface area (Å²) in [5, 5.41) is 0. The largest absolute Gasteiger partial charge is 0.497 e. The Labute approximate surface area is 145 Å². The molecule has 1 aliphatic heterocycles. The van der Waals surface area contributed by atoms with E-state index in [2.05, 4.69) is 67.3 Å². The van der Waals surface area contributed by atoms with Gasteiger partial charge in [0.15, 0.2) is 0 Å². The third-order valence-corrected chi connectivity index (χ3v) is 6.56. The predicted molar refractivity (Wildman–Crippen MR) is 98.5 cm³/mol. The van der Waals surface area contributed by atoms with Crippen molar-refractivity contribution < 1.29 is 4.74 Å². The zero-order valence-electron chi connectivity index (χ0n) is 15.0. The Morgan fingerprint density at radius 3 is 2.71 bits per heavy atom. The normalized spacial score (nSPS) is 29.1. The first-order chi connectivity index (χ1) is 11.6. The molecule has 4 rings (SSSR count). The van der Waals surface area contributed by atoms with E-state index in [9.17, 15) is 0 Å². The summed E-state index contributed by atoms with van der Waals surface area (Å²) in [6, 6.07) is 18.2. The average Bonchev–Trinajstić information content (AvgIpc) is 2.61. The Balaban J connectivity index is 1.66. The van der Waals surface area contributed by atoms with Crippen molar-refractivity contribution in [2.24, 2.45) is 5.92 Å². The van der Waals surface area contributed by atoms with Crippen LogP contribution in [0.3, 0.4) is 0 Å². The fourth-order valence-electron chi connectivity index (χ4n) is 4.83. The van der Waals surface area contributed by atoms with Gasteiger partial charge in [0.25, 0.3) is 0 Å². The molecule has 0 amide bonds. The van der Waals surface area contributed by atoms with Gasteiger partial charge < -0.3 is 4.74 Å². The maximum absolute atomic E-state index is 5.49. The van der Waals surface area contributed by atoms with Crippen LogP contribution in [0.25, 0.3) is 0 Å². The molecule has 1 saturated heterocycles. The lowest BCUT2D eigenvalue weighted by Crippen LogP contribution is -2.57. The van der Waals surface area contributed by atoms with Crippen molar-refractivity contribution in [1.82, 2.24) is 4.90 Å². The van der Waals surface area contributed by atoms with Crippen molar-refractivity contribution in [2.75, 3.05) is 13.7 Å². The van der Waals surface area contributed by atoms with E-state index in [1.54, 1.807) is 7.11 Å². The molecule has 0 aromatic heterocycles. The van der Waals surface area contributed by atoms with E-state index >= 15 is 0 Å². The van der Waals surface area contributed by atoms with Gasteiger partial charge in [-0.3, -0.25) is 4.90 Å². The van der Waals surface area contributed by atoms with E-state index in [1.807, 2.05) is 0 Å². The Bertz CT molecular complexity index is 726. The standard InChI is InChI=1S/C22H27NO/c1-16-21-13-18-9-10-19(24-3)14-20(18)22(16,2)11-12-23(21)15-17-7-5-4-6-8-17/h4-10,14,16,21H,11-13,15H2,1-3H3/t16-,21+,22+/m1/s1. The van der Waals surface area contributed by atoms with Crippen molar-refractivity contribution in [1.29, 1.82) is 0 Å². The van der Waals surface area contributed by atoms with Crippen LogP contribution in [0, 0.1) is 5.92 Å². The van der Waals surface area contributed by atoms with Gasteiger partial charge in [-0.05, 0) is 59.5 Å². The van der Waals surface area contributed by atoms with E-state index < -0.39 is 0 Å². The van der Waals surface area contributed by atoms with Gasteiger partial charge in [0.2, 0.25) is 0 Å². The number of rotatable bonds is 3. The summed E-state index contributed by atoms with van der Waals surface area (Å²) in [7, 11) is 1.77. The highest BCUT2D eigenvalue weighted by molar-refractivity contribution is 5.44. The smallest absolute Gasteiger partial charge is 0.119 e. The van der Waals surface area contributed by atoms with Gasteiger partial charge in [0.1, 0.15) is 5.75 Å². The summed E-state index contributed by atoms with van der Waals surface area (Å²) >= 11 is 0. The number of piperidine rings is 1. The molecule has 2 aromatic carbocycles. The minimum atomic E-state index is 0.264. The fraction of sp³-hybridized carbons (Fsp3) is 0.455. The number of benzene rings is 2. The third-order valence-electron chi connectivity index (χ3n) is 6.56. The molecule has 0 spiro atoms. The van der Waals surface area contributed by atoms with E-state index in [4.69, 9.17) is 4.74 Å². The second kappa shape index (κ2) is 5.93. The van der Waals surface area contributed by atoms with Gasteiger partial charge in [0.05, 0.1) is 7.11 Å². The maximum atomic E-state index is 5.49. The Hall–Kier alpha value is -1.80. The van der Waals surface area contributed by atoms with E-state index in [0.29, 0.717) is 12.0 Å². The molecule has 0 N–H and O–H groups in total. The molecule has 1 aliphatic carbocycles. The molecule has 3 atom stereocenters. The minimum Gasteiger partial charge on any atom is -0.497 e. The predicted octanol–water partition coefficient (Wildman–Crippen LogP) is 4.42. The van der Waals surface area contributed by atoms with Gasteiger partial charge in [-0.2, -0.15) is 0 Å². The lowest BCUT2D eigenvalue weighted by molar-refractivity contribution is 0.0258. The molecular weight excluding hydrogens is 294 g/mol. The van der Waals surface area contributed by atoms with Gasteiger partial charge in [-0.25, -0.2) is 0 Å². The highest BCUT2D eigenvalue weighted by Gasteiger charge is 2.48. The Kier molecular flexibility index (Phi) is 3.88. The number of likely N-dealkylation sites (tertiary alicyclic amines) is 1. The highest BCUT2D eigenvalue weighted by atomic mass is 16.5. The third kappa shape index (κ3) is 2.44. The summed E-state index contributed by atoms with van der Waals surface area (Å²) in [5.74, 6) is 1.65. The molecular formula is C22H27NO. The van der Waals surface area contributed by atoms with E-state index in [0.717, 1.165) is 18.7 Å². The summed E-state index contributed by atoms with van der Waals surface area (Å²) in [5.41, 5.74) is 4.72. The van der Waals surface area contributed by atoms with Crippen LogP contribution in [0.1, 0.15) is 37.0 Å². The number of methoxy groups -OCH3 is 1. The van der Waals surface area contributed by atoms with Crippen LogP contribution in [0.2, 0.25) is 0 Å². The number of hydrogen-bond acceptors (Lipinski definition) is 2. The molecule has 2 heteroatoms. The molecule has 24 heavy (non-hydrogen) atoms. The molecule has 0 radical (unpaired) electrons. The zero-order valence-corrected chi connectivity index (χ0v) is 15.0. The topological polar surface area (TPSA) is 12.5 Å². The number of hydrogen-bond donors (Lipinski definition) is 0. The highest BCUT2D eigenvalue weighted by Crippen LogP contribution is 2.49. The van der Waals surface area contributed by atoms with Gasteiger partial charge >= 0.3 is 0 Å². The monoisotopic (exact) mass is 321 g/mol. The summed E-state index contributed by atoms with van der Waals surface area (Å²) in [4.78, 5) is 2.70. The molecule has 2 aliphatic rings. The maximum Gasteiger partial charge on any atom is 0.119 e. The summed E-state index contributed by atoms with van der Waals surface area (Å²) in [6.07, 6.45) is 2.38. The lowest BCUT2D eigenvalue weighted by atomic mass is 9.59. The van der Waals surface area contributed by atoms with Crippen LogP contribution in [0.15, 0.2) is 48.5 Å². The molecule has 1 heterocycles. The van der Waals surface area contributed by atoms with Crippen LogP contribution < -0.4 is 4.74 Å². The van der Waals surface area contributed by atoms with Crippen LogP contribution in [0.5, 0.6) is 5.75 Å². The quantitative estimate of drug-likeness (QED) is 0.830. The molecule has 2 aromatic rings. The summed E-state index contributed by atoms with van der Waals surface area (Å²) < 4.78 is 5.49. The molecule has 0 unspecified atom stereocenters. The van der Waals surface area contributed by atoms with Crippen molar-refractivity contribution in [3.63, 3.8) is 0 Å². The first-order valence-corrected chi connectivity index (χ1v) is 9.07. The van der Waals surface area contributed by atoms with Crippen molar-refractivity contribution in [3.8, 4) is 5.75 Å². The van der Waals surface area contributed by atoms with Gasteiger partial charge in [-0.1, -0.05) is 50.2 Å². The number of ether oxygens (including phenoxy) is 1. The van der Waals surface area contributed by atoms with Gasteiger partial charge in [0, 0.05) is 12.6 Å². The van der Waals surface area contributed by atoms with E-state index in [1.165, 1.54) is 29.7 Å². The van der Waals surface area contributed by atoms with Gasteiger partial charge in [-0.15, -0.1) is 0 Å². The second-order valence-electron chi connectivity index (χ2n) is 7.71. The molecule has 2 bridgehead atoms. The number of fused-ring (bicyclic) bond motifs is 4. The van der Waals surface area contributed by atoms with Crippen molar-refractivity contribution >= 4 is 0 Å². The van der Waals surface area contributed by atoms with E-state index in [-0.39, 0.29) is 5.41 Å². The SMILES string of the molecule is COc1ccc2c(c1)[C@@]1(C)CCN(Cc3ccccc3)[C@@H](C2)[C@H]1C. The second-order valence-corrected chi connectivity index (χ2v) is 7.71. The first-order valence-electron chi connectivity index (χ1n) is 9.07. The Morgan fingerprint density at radius 2 is 1.96 bits per heavy atom. The average molecular weight is 321 g/mol. The zero-order chi connectivity index (χ0) is 16.7. The van der Waals surface area contributed by atoms with Crippen LogP contribution in [-0.4, -0.2) is 24.6 Å². The Morgan fingerprint density at radius 1 is 1.17 bits per heavy atom. The van der Waals surface area contributed by atoms with Crippen molar-refractivity contribution in [2.45, 2.75) is 44.7 Å². The van der Waals surface area contributed by atoms with Crippen LogP contribution in [-0.2, 0) is 18.4 Å². The lowest BCUT2D eigenvalue weighted by Gasteiger charge is -2.54. The minimum absolute atomic E-state index is 0.264. The molecule has 126 valence electrons. The summed E-state index contributed by atoms with van der Waals surface area (Å²) in [6.45, 7) is 7.15. The molecule has 2 nitrogen and oxygen atoms in total. The fourth-order valence-corrected chi connectivity index (χ4v) is 4.83. The first kappa shape index (κ1) is 15.7. The number of nitrogens with zero attached hydrogens (tertiary/aromatic N) is 1. The molecule has 0 saturated carbocycles. The van der Waals surface area contributed by atoms with Crippen molar-refractivity contribution in [3.05, 3.63) is 65.2 Å². The molecule has 1 fully saturated rings.